The Labute approximate surface area is 145 Å². The van der Waals surface area contributed by atoms with Gasteiger partial charge in [0.15, 0.2) is 0 Å². The fraction of sp³-hybridized carbons (Fsp3) is 0.650. The molecular weight excluding hydrogens is 300 g/mol. The van der Waals surface area contributed by atoms with E-state index in [2.05, 4.69) is 17.4 Å². The van der Waals surface area contributed by atoms with Crippen molar-refractivity contribution in [3.8, 4) is 0 Å². The average molecular weight is 330 g/mol. The largest absolute Gasteiger partial charge is 0.393 e. The Morgan fingerprint density at radius 2 is 1.96 bits per heavy atom. The maximum Gasteiger partial charge on any atom is 0.317 e. The van der Waals surface area contributed by atoms with Crippen molar-refractivity contribution in [3.63, 3.8) is 0 Å². The van der Waals surface area contributed by atoms with E-state index >= 15 is 0 Å². The van der Waals surface area contributed by atoms with Crippen LogP contribution < -0.4 is 5.32 Å². The highest BCUT2D eigenvalue weighted by Gasteiger charge is 2.31. The van der Waals surface area contributed by atoms with Gasteiger partial charge >= 0.3 is 6.03 Å². The zero-order valence-corrected chi connectivity index (χ0v) is 14.7. The van der Waals surface area contributed by atoms with Crippen molar-refractivity contribution in [1.29, 1.82) is 0 Å². The number of nitrogens with one attached hydrogen (secondary N) is 1. The van der Waals surface area contributed by atoms with Gasteiger partial charge < -0.3 is 15.3 Å². The smallest absolute Gasteiger partial charge is 0.317 e. The second-order valence-electron chi connectivity index (χ2n) is 7.53. The second-order valence-corrected chi connectivity index (χ2v) is 7.53. The summed E-state index contributed by atoms with van der Waals surface area (Å²) in [5, 5.41) is 13.0. The average Bonchev–Trinajstić information content (AvgIpc) is 3.26. The van der Waals surface area contributed by atoms with Crippen LogP contribution in [0.2, 0.25) is 0 Å². The standard InChI is InChI=1S/C20H30N2O2/c1-15(23)18-11-12-22(14-18)20(24)21-19(13-16-7-5-6-8-16)17-9-3-2-4-10-17/h2-4,9-10,15-16,18-19,23H,5-8,11-14H2,1H3,(H,21,24)/t15-,18+,19+/m0/s1. The molecule has 0 spiro atoms. The molecule has 1 aromatic rings. The van der Waals surface area contributed by atoms with E-state index in [-0.39, 0.29) is 24.1 Å². The summed E-state index contributed by atoms with van der Waals surface area (Å²) in [6.07, 6.45) is 6.80. The molecule has 2 amide bonds. The van der Waals surface area contributed by atoms with Gasteiger partial charge in [-0.05, 0) is 31.2 Å². The minimum absolute atomic E-state index is 0.0185. The molecular formula is C20H30N2O2. The van der Waals surface area contributed by atoms with E-state index in [0.717, 1.165) is 25.3 Å². The van der Waals surface area contributed by atoms with Gasteiger partial charge in [-0.25, -0.2) is 4.79 Å². The molecule has 1 aliphatic heterocycles. The summed E-state index contributed by atoms with van der Waals surface area (Å²) in [7, 11) is 0. The van der Waals surface area contributed by atoms with Crippen molar-refractivity contribution >= 4 is 6.03 Å². The lowest BCUT2D eigenvalue weighted by Crippen LogP contribution is -2.41. The molecule has 2 N–H and O–H groups in total. The van der Waals surface area contributed by atoms with Crippen LogP contribution in [0.1, 0.15) is 57.1 Å². The maximum atomic E-state index is 12.7. The van der Waals surface area contributed by atoms with E-state index in [1.54, 1.807) is 0 Å². The Balaban J connectivity index is 1.64. The molecule has 4 heteroatoms. The van der Waals surface area contributed by atoms with E-state index in [4.69, 9.17) is 0 Å². The zero-order chi connectivity index (χ0) is 16.9. The number of urea groups is 1. The summed E-state index contributed by atoms with van der Waals surface area (Å²) in [5.74, 6) is 0.931. The van der Waals surface area contributed by atoms with E-state index in [1.165, 1.54) is 31.2 Å². The molecule has 3 rings (SSSR count). The van der Waals surface area contributed by atoms with Crippen LogP contribution in [-0.4, -0.2) is 35.2 Å². The highest BCUT2D eigenvalue weighted by atomic mass is 16.3. The number of nitrogens with zero attached hydrogens (tertiary/aromatic N) is 1. The van der Waals surface area contributed by atoms with Crippen LogP contribution in [0.3, 0.4) is 0 Å². The minimum Gasteiger partial charge on any atom is -0.393 e. The normalized spacial score (nSPS) is 24.1. The number of amides is 2. The van der Waals surface area contributed by atoms with Crippen LogP contribution in [0.25, 0.3) is 0 Å². The molecule has 2 fully saturated rings. The summed E-state index contributed by atoms with van der Waals surface area (Å²) >= 11 is 0. The van der Waals surface area contributed by atoms with Crippen molar-refractivity contribution in [1.82, 2.24) is 10.2 Å². The molecule has 1 saturated carbocycles. The third-order valence-electron chi connectivity index (χ3n) is 5.74. The Hall–Kier alpha value is -1.55. The molecule has 1 saturated heterocycles. The van der Waals surface area contributed by atoms with Gasteiger partial charge in [0.1, 0.15) is 0 Å². The van der Waals surface area contributed by atoms with Crippen molar-refractivity contribution in [2.24, 2.45) is 11.8 Å². The lowest BCUT2D eigenvalue weighted by molar-refractivity contribution is 0.129. The van der Waals surface area contributed by atoms with Crippen LogP contribution in [-0.2, 0) is 0 Å². The lowest BCUT2D eigenvalue weighted by atomic mass is 9.93. The molecule has 132 valence electrons. The molecule has 4 nitrogen and oxygen atoms in total. The number of hydrogen-bond acceptors (Lipinski definition) is 2. The molecule has 24 heavy (non-hydrogen) atoms. The van der Waals surface area contributed by atoms with Crippen molar-refractivity contribution in [2.45, 2.75) is 57.6 Å². The topological polar surface area (TPSA) is 52.6 Å². The van der Waals surface area contributed by atoms with Crippen LogP contribution in [0, 0.1) is 11.8 Å². The summed E-state index contributed by atoms with van der Waals surface area (Å²) in [5.41, 5.74) is 1.20. The van der Waals surface area contributed by atoms with Gasteiger partial charge in [-0.3, -0.25) is 0 Å². The Morgan fingerprint density at radius 3 is 2.58 bits per heavy atom. The van der Waals surface area contributed by atoms with Gasteiger partial charge in [-0.1, -0.05) is 56.0 Å². The van der Waals surface area contributed by atoms with Crippen LogP contribution in [0.5, 0.6) is 0 Å². The molecule has 0 unspecified atom stereocenters. The third kappa shape index (κ3) is 4.29. The summed E-state index contributed by atoms with van der Waals surface area (Å²) in [4.78, 5) is 14.6. The van der Waals surface area contributed by atoms with E-state index in [9.17, 15) is 9.90 Å². The lowest BCUT2D eigenvalue weighted by Gasteiger charge is -2.26. The summed E-state index contributed by atoms with van der Waals surface area (Å²) in [6, 6.07) is 10.4. The number of carbonyl (C=O) groups excluding carboxylic acids is 1. The molecule has 1 aromatic carbocycles. The van der Waals surface area contributed by atoms with Gasteiger partial charge in [-0.2, -0.15) is 0 Å². The van der Waals surface area contributed by atoms with Crippen molar-refractivity contribution in [2.75, 3.05) is 13.1 Å². The number of rotatable bonds is 5. The Morgan fingerprint density at radius 1 is 1.25 bits per heavy atom. The molecule has 1 aliphatic carbocycles. The molecule has 1 heterocycles. The predicted octanol–water partition coefficient (Wildman–Crippen LogP) is 3.72. The van der Waals surface area contributed by atoms with Gasteiger partial charge in [-0.15, -0.1) is 0 Å². The second kappa shape index (κ2) is 8.02. The first-order valence-corrected chi connectivity index (χ1v) is 9.42. The zero-order valence-electron chi connectivity index (χ0n) is 14.7. The molecule has 2 aliphatic rings. The minimum atomic E-state index is -0.341. The highest BCUT2D eigenvalue weighted by molar-refractivity contribution is 5.75. The van der Waals surface area contributed by atoms with Gasteiger partial charge in [0, 0.05) is 19.0 Å². The molecule has 0 aromatic heterocycles. The molecule has 0 bridgehead atoms. The van der Waals surface area contributed by atoms with E-state index in [0.29, 0.717) is 6.54 Å². The van der Waals surface area contributed by atoms with E-state index in [1.807, 2.05) is 30.0 Å². The number of carbonyl (C=O) groups is 1. The number of likely N-dealkylation sites (tertiary alicyclic amines) is 1. The van der Waals surface area contributed by atoms with Crippen LogP contribution in [0.15, 0.2) is 30.3 Å². The van der Waals surface area contributed by atoms with Gasteiger partial charge in [0.25, 0.3) is 0 Å². The summed E-state index contributed by atoms with van der Waals surface area (Å²) < 4.78 is 0. The van der Waals surface area contributed by atoms with Crippen molar-refractivity contribution in [3.05, 3.63) is 35.9 Å². The maximum absolute atomic E-state index is 12.7. The fourth-order valence-electron chi connectivity index (χ4n) is 4.15. The number of hydrogen-bond donors (Lipinski definition) is 2. The first-order chi connectivity index (χ1) is 11.6. The number of aliphatic hydroxyl groups excluding tert-OH is 1. The highest BCUT2D eigenvalue weighted by Crippen LogP contribution is 2.33. The van der Waals surface area contributed by atoms with E-state index < -0.39 is 0 Å². The first kappa shape index (κ1) is 17.3. The SMILES string of the molecule is C[C@H](O)[C@@H]1CCN(C(=O)N[C@H](CC2CCCC2)c2ccccc2)C1. The summed E-state index contributed by atoms with van der Waals surface area (Å²) in [6.45, 7) is 3.22. The van der Waals surface area contributed by atoms with Crippen molar-refractivity contribution < 1.29 is 9.90 Å². The molecule has 3 atom stereocenters. The number of benzene rings is 1. The predicted molar refractivity (Wildman–Crippen MR) is 95.7 cm³/mol. The first-order valence-electron chi connectivity index (χ1n) is 9.42. The van der Waals surface area contributed by atoms with Crippen LogP contribution in [0.4, 0.5) is 4.79 Å². The van der Waals surface area contributed by atoms with Gasteiger partial charge in [0.2, 0.25) is 0 Å². The van der Waals surface area contributed by atoms with Crippen LogP contribution >= 0.6 is 0 Å². The number of aliphatic hydroxyl groups is 1. The monoisotopic (exact) mass is 330 g/mol. The molecule has 0 radical (unpaired) electrons. The Bertz CT molecular complexity index is 526. The Kier molecular flexibility index (Phi) is 5.77. The van der Waals surface area contributed by atoms with Gasteiger partial charge in [0.05, 0.1) is 12.1 Å². The third-order valence-corrected chi connectivity index (χ3v) is 5.74. The quantitative estimate of drug-likeness (QED) is 0.864. The fourth-order valence-corrected chi connectivity index (χ4v) is 4.15.